The number of esters is 1. The van der Waals surface area contributed by atoms with E-state index in [1.54, 1.807) is 42.5 Å². The SMILES string of the molecule is C#Cc1cn([C@@H]2O[C@H](COP(=O)(NC(C)(C)C(=O)OCc3ccccc3)Oc3ccccc3)[C@@H](O)[C@@]2(C)F)c2ncnc(N)c12.[HH].[HH]. The van der Waals surface area contributed by atoms with E-state index in [0.29, 0.717) is 10.9 Å². The second-order valence-electron chi connectivity index (χ2n) is 11.2. The second-order valence-corrected chi connectivity index (χ2v) is 12.8. The number of nitrogens with zero attached hydrogens (tertiary/aromatic N) is 3. The van der Waals surface area contributed by atoms with Gasteiger partial charge in [0.1, 0.15) is 47.9 Å². The van der Waals surface area contributed by atoms with E-state index in [-0.39, 0.29) is 26.7 Å². The first-order valence-electron chi connectivity index (χ1n) is 13.9. The molecule has 4 N–H and O–H groups in total. The first-order valence-corrected chi connectivity index (χ1v) is 15.5. The van der Waals surface area contributed by atoms with Crippen molar-refractivity contribution in [1.29, 1.82) is 0 Å². The number of benzene rings is 2. The molecule has 0 bridgehead atoms. The molecule has 5 atom stereocenters. The highest BCUT2D eigenvalue weighted by atomic mass is 31.2. The number of aromatic nitrogens is 3. The van der Waals surface area contributed by atoms with Crippen LogP contribution in [0.1, 0.15) is 41.0 Å². The number of ether oxygens (including phenoxy) is 2. The van der Waals surface area contributed by atoms with Crippen LogP contribution in [0.2, 0.25) is 0 Å². The van der Waals surface area contributed by atoms with E-state index in [2.05, 4.69) is 21.0 Å². The lowest BCUT2D eigenvalue weighted by molar-refractivity contribution is -0.151. The molecule has 5 rings (SSSR count). The Morgan fingerprint density at radius 1 is 1.24 bits per heavy atom. The number of anilines is 1. The van der Waals surface area contributed by atoms with Gasteiger partial charge in [0.15, 0.2) is 11.9 Å². The van der Waals surface area contributed by atoms with Crippen LogP contribution in [0.5, 0.6) is 5.75 Å². The molecule has 4 aromatic rings. The summed E-state index contributed by atoms with van der Waals surface area (Å²) < 4.78 is 54.5. The number of hydrogen-bond donors (Lipinski definition) is 3. The molecule has 14 heteroatoms. The lowest BCUT2D eigenvalue weighted by Gasteiger charge is -2.30. The Kier molecular flexibility index (Phi) is 8.98. The highest BCUT2D eigenvalue weighted by Gasteiger charge is 2.56. The molecule has 1 saturated heterocycles. The zero-order valence-corrected chi connectivity index (χ0v) is 25.7. The molecule has 1 fully saturated rings. The van der Waals surface area contributed by atoms with Crippen LogP contribution in [0.4, 0.5) is 10.2 Å². The van der Waals surface area contributed by atoms with Gasteiger partial charge in [-0.1, -0.05) is 54.5 Å². The standard InChI is InChI=1S/C31H33FN5O7P.2H2/c1-5-21-16-37(27-24(21)26(33)34-19-35-27)28-31(4,32)25(38)23(43-28)18-42-45(40,44-22-14-10-7-11-15-22)36-30(2,3)29(39)41-17-20-12-8-6-9-13-20;;/h1,6-16,19,23,25,28,38H,17-18H2,2-4H3,(H,36,40)(H2,33,34,35);2*1H/t23-,25-,28-,31-,45?;;/m1../s1. The lowest BCUT2D eigenvalue weighted by atomic mass is 9.98. The summed E-state index contributed by atoms with van der Waals surface area (Å²) in [6.45, 7) is 3.45. The van der Waals surface area contributed by atoms with E-state index < -0.39 is 50.0 Å². The molecule has 0 spiro atoms. The highest BCUT2D eigenvalue weighted by molar-refractivity contribution is 7.52. The predicted octanol–water partition coefficient (Wildman–Crippen LogP) is 4.79. The molecule has 3 heterocycles. The zero-order chi connectivity index (χ0) is 32.4. The Balaban J connectivity index is 0.00000300. The van der Waals surface area contributed by atoms with Crippen molar-refractivity contribution in [2.75, 3.05) is 12.3 Å². The van der Waals surface area contributed by atoms with Crippen LogP contribution < -0.4 is 15.3 Å². The molecule has 2 aromatic carbocycles. The molecule has 2 aromatic heterocycles. The summed E-state index contributed by atoms with van der Waals surface area (Å²) in [4.78, 5) is 21.2. The Labute approximate surface area is 262 Å². The molecule has 1 aliphatic rings. The summed E-state index contributed by atoms with van der Waals surface area (Å²) in [5, 5.41) is 14.0. The maximum atomic E-state index is 16.2. The zero-order valence-electron chi connectivity index (χ0n) is 24.8. The average molecular weight is 642 g/mol. The predicted molar refractivity (Wildman–Crippen MR) is 168 cm³/mol. The topological polar surface area (TPSA) is 160 Å². The van der Waals surface area contributed by atoms with Crippen LogP contribution in [0.25, 0.3) is 11.0 Å². The van der Waals surface area contributed by atoms with Gasteiger partial charge in [-0.25, -0.2) is 18.9 Å². The van der Waals surface area contributed by atoms with Gasteiger partial charge >= 0.3 is 13.7 Å². The molecule has 12 nitrogen and oxygen atoms in total. The summed E-state index contributed by atoms with van der Waals surface area (Å²) >= 11 is 0. The van der Waals surface area contributed by atoms with Gasteiger partial charge in [0.25, 0.3) is 0 Å². The fourth-order valence-corrected chi connectivity index (χ4v) is 6.59. The Morgan fingerprint density at radius 2 is 1.91 bits per heavy atom. The smallest absolute Gasteiger partial charge is 0.459 e. The molecular formula is C31H37FN5O7P. The van der Waals surface area contributed by atoms with Crippen molar-refractivity contribution in [2.24, 2.45) is 0 Å². The van der Waals surface area contributed by atoms with E-state index in [1.807, 2.05) is 18.2 Å². The summed E-state index contributed by atoms with van der Waals surface area (Å²) in [6.07, 6.45) is 3.76. The number of hydrogen-bond acceptors (Lipinski definition) is 10. The first-order chi connectivity index (χ1) is 21.3. The number of aliphatic hydroxyl groups excluding tert-OH is 1. The molecule has 0 radical (unpaired) electrons. The van der Waals surface area contributed by atoms with Gasteiger partial charge in [0.05, 0.1) is 17.6 Å². The normalized spacial score (nSPS) is 22.9. The van der Waals surface area contributed by atoms with Crippen LogP contribution in [-0.4, -0.2) is 55.6 Å². The van der Waals surface area contributed by atoms with Crippen molar-refractivity contribution in [1.82, 2.24) is 19.6 Å². The van der Waals surface area contributed by atoms with Gasteiger partial charge in [0, 0.05) is 9.05 Å². The number of alkyl halides is 1. The number of nitrogens with two attached hydrogens (primary N) is 1. The number of terminal acetylenes is 1. The van der Waals surface area contributed by atoms with E-state index in [0.717, 1.165) is 12.5 Å². The largest absolute Gasteiger partial charge is 0.459 e. The quantitative estimate of drug-likeness (QED) is 0.117. The number of rotatable bonds is 11. The monoisotopic (exact) mass is 641 g/mol. The molecule has 1 unspecified atom stereocenters. The summed E-state index contributed by atoms with van der Waals surface area (Å²) in [5.41, 5.74) is 3.31. The maximum Gasteiger partial charge on any atom is 0.459 e. The number of nitrogen functional groups attached to an aromatic ring is 1. The van der Waals surface area contributed by atoms with Gasteiger partial charge in [-0.15, -0.1) is 6.42 Å². The van der Waals surface area contributed by atoms with Crippen LogP contribution in [0.3, 0.4) is 0 Å². The van der Waals surface area contributed by atoms with Crippen molar-refractivity contribution < 1.29 is 40.2 Å². The maximum absolute atomic E-state index is 16.2. The van der Waals surface area contributed by atoms with Gasteiger partial charge in [-0.05, 0) is 38.5 Å². The fourth-order valence-electron chi connectivity index (χ4n) is 4.91. The van der Waals surface area contributed by atoms with Gasteiger partial charge in [0.2, 0.25) is 0 Å². The Bertz CT molecular complexity index is 1770. The van der Waals surface area contributed by atoms with E-state index in [4.69, 9.17) is 30.7 Å². The number of carbonyl (C=O) groups excluding carboxylic acids is 1. The molecule has 0 aliphatic carbocycles. The van der Waals surface area contributed by atoms with Crippen LogP contribution in [0.15, 0.2) is 73.2 Å². The molecular weight excluding hydrogens is 604 g/mol. The fraction of sp³-hybridized carbons (Fsp3) is 0.323. The molecule has 0 saturated carbocycles. The van der Waals surface area contributed by atoms with E-state index >= 15 is 4.39 Å². The third kappa shape index (κ3) is 6.71. The molecule has 1 aliphatic heterocycles. The molecule has 45 heavy (non-hydrogen) atoms. The Morgan fingerprint density at radius 3 is 2.58 bits per heavy atom. The third-order valence-electron chi connectivity index (χ3n) is 7.28. The number of aliphatic hydroxyl groups is 1. The van der Waals surface area contributed by atoms with Crippen molar-refractivity contribution in [2.45, 2.75) is 57.0 Å². The van der Waals surface area contributed by atoms with Crippen molar-refractivity contribution >= 4 is 30.6 Å². The van der Waals surface area contributed by atoms with Crippen molar-refractivity contribution in [3.63, 3.8) is 0 Å². The number of para-hydroxylation sites is 1. The number of fused-ring (bicyclic) bond motifs is 1. The van der Waals surface area contributed by atoms with Crippen molar-refractivity contribution in [3.05, 3.63) is 84.3 Å². The van der Waals surface area contributed by atoms with Gasteiger partial charge in [-0.2, -0.15) is 5.09 Å². The summed E-state index contributed by atoms with van der Waals surface area (Å²) in [6, 6.07) is 17.2. The minimum atomic E-state index is -4.41. The van der Waals surface area contributed by atoms with Gasteiger partial charge < -0.3 is 29.4 Å². The number of carbonyl (C=O) groups is 1. The van der Waals surface area contributed by atoms with Crippen LogP contribution >= 0.6 is 7.75 Å². The minimum absolute atomic E-state index is 0. The lowest BCUT2D eigenvalue weighted by Crippen LogP contribution is -2.47. The van der Waals surface area contributed by atoms with Crippen LogP contribution in [0, 0.1) is 12.3 Å². The van der Waals surface area contributed by atoms with Crippen molar-refractivity contribution in [3.8, 4) is 18.1 Å². The number of halogens is 1. The van der Waals surface area contributed by atoms with Crippen LogP contribution in [-0.2, 0) is 30.0 Å². The third-order valence-corrected chi connectivity index (χ3v) is 9.05. The van der Waals surface area contributed by atoms with E-state index in [9.17, 15) is 14.5 Å². The Hall–Kier alpha value is -4.31. The summed E-state index contributed by atoms with van der Waals surface area (Å²) in [7, 11) is -4.41. The summed E-state index contributed by atoms with van der Waals surface area (Å²) in [5.74, 6) is 2.01. The minimum Gasteiger partial charge on any atom is -0.459 e. The van der Waals surface area contributed by atoms with Gasteiger partial charge in [-0.3, -0.25) is 9.32 Å². The second kappa shape index (κ2) is 12.6. The molecule has 0 amide bonds. The highest BCUT2D eigenvalue weighted by Crippen LogP contribution is 2.49. The number of nitrogens with one attached hydrogen (secondary N) is 1. The average Bonchev–Trinajstić information content (AvgIpc) is 3.49. The molecule has 240 valence electrons. The first kappa shape index (κ1) is 32.1. The van der Waals surface area contributed by atoms with E-state index in [1.165, 1.54) is 30.9 Å².